The van der Waals surface area contributed by atoms with Crippen LogP contribution in [0.1, 0.15) is 30.6 Å². The Kier molecular flexibility index (Phi) is 4.57. The minimum atomic E-state index is -0.443. The number of rotatable bonds is 5. The summed E-state index contributed by atoms with van der Waals surface area (Å²) in [6.07, 6.45) is -0.404. The van der Waals surface area contributed by atoms with E-state index in [1.165, 1.54) is 11.8 Å². The predicted molar refractivity (Wildman–Crippen MR) is 77.4 cm³/mol. The highest BCUT2D eigenvalue weighted by Crippen LogP contribution is 2.22. The third kappa shape index (κ3) is 3.59. The zero-order valence-corrected chi connectivity index (χ0v) is 12.1. The fraction of sp³-hybridized carbons (Fsp3) is 0.400. The second-order valence-electron chi connectivity index (χ2n) is 4.88. The maximum atomic E-state index is 11.8. The minimum absolute atomic E-state index is 0.0225. The van der Waals surface area contributed by atoms with Gasteiger partial charge in [0.2, 0.25) is 5.91 Å². The molecule has 0 spiro atoms. The number of carbonyl (C=O) groups is 3. The van der Waals surface area contributed by atoms with Gasteiger partial charge in [0.25, 0.3) is 0 Å². The third-order valence-corrected chi connectivity index (χ3v) is 3.31. The molecule has 0 aromatic heterocycles. The minimum Gasteiger partial charge on any atom is -0.442 e. The van der Waals surface area contributed by atoms with E-state index in [-0.39, 0.29) is 17.8 Å². The number of ketones is 1. The number of nitrogens with zero attached hydrogens (tertiary/aromatic N) is 1. The van der Waals surface area contributed by atoms with Crippen molar-refractivity contribution < 1.29 is 19.1 Å². The first-order chi connectivity index (χ1) is 10.0. The number of benzene rings is 1. The van der Waals surface area contributed by atoms with Crippen LogP contribution in [0.4, 0.5) is 10.5 Å². The molecule has 21 heavy (non-hydrogen) atoms. The molecule has 6 nitrogen and oxygen atoms in total. The maximum absolute atomic E-state index is 11.8. The largest absolute Gasteiger partial charge is 0.442 e. The standard InChI is InChI=1S/C15H18N2O4/c1-3-14(19)16-8-13-9-17(15(20)21-13)12-6-4-11(5-7-12)10(2)18/h4-7,13H,3,8-9H2,1-2H3,(H,16,19). The Morgan fingerprint density at radius 2 is 2.00 bits per heavy atom. The van der Waals surface area contributed by atoms with Gasteiger partial charge in [-0.25, -0.2) is 4.79 Å². The highest BCUT2D eigenvalue weighted by molar-refractivity contribution is 5.95. The molecule has 1 heterocycles. The Hall–Kier alpha value is -2.37. The number of hydrogen-bond acceptors (Lipinski definition) is 4. The Morgan fingerprint density at radius 1 is 1.33 bits per heavy atom. The van der Waals surface area contributed by atoms with Gasteiger partial charge in [-0.15, -0.1) is 0 Å². The number of carbonyl (C=O) groups excluding carboxylic acids is 3. The van der Waals surface area contributed by atoms with Crippen LogP contribution in [0.3, 0.4) is 0 Å². The van der Waals surface area contributed by atoms with Crippen molar-refractivity contribution in [1.29, 1.82) is 0 Å². The number of nitrogens with one attached hydrogen (secondary N) is 1. The first-order valence-electron chi connectivity index (χ1n) is 6.87. The van der Waals surface area contributed by atoms with Gasteiger partial charge in [0.1, 0.15) is 6.10 Å². The van der Waals surface area contributed by atoms with E-state index in [0.717, 1.165) is 0 Å². The molecule has 0 aliphatic carbocycles. The van der Waals surface area contributed by atoms with Gasteiger partial charge in [0.05, 0.1) is 13.1 Å². The highest BCUT2D eigenvalue weighted by Gasteiger charge is 2.32. The number of anilines is 1. The van der Waals surface area contributed by atoms with Crippen molar-refractivity contribution >= 4 is 23.5 Å². The molecule has 1 aliphatic rings. The van der Waals surface area contributed by atoms with E-state index in [1.807, 2.05) is 0 Å². The van der Waals surface area contributed by atoms with Gasteiger partial charge in [-0.05, 0) is 31.2 Å². The van der Waals surface area contributed by atoms with Crippen LogP contribution >= 0.6 is 0 Å². The van der Waals surface area contributed by atoms with Crippen molar-refractivity contribution in [2.75, 3.05) is 18.0 Å². The van der Waals surface area contributed by atoms with Gasteiger partial charge in [0, 0.05) is 17.7 Å². The van der Waals surface area contributed by atoms with Gasteiger partial charge >= 0.3 is 6.09 Å². The molecule has 1 unspecified atom stereocenters. The first-order valence-corrected chi connectivity index (χ1v) is 6.87. The van der Waals surface area contributed by atoms with Crippen molar-refractivity contribution in [2.45, 2.75) is 26.4 Å². The monoisotopic (exact) mass is 290 g/mol. The lowest BCUT2D eigenvalue weighted by atomic mass is 10.1. The Balaban J connectivity index is 1.99. The van der Waals surface area contributed by atoms with Crippen LogP contribution in [0.2, 0.25) is 0 Å². The zero-order chi connectivity index (χ0) is 15.4. The normalized spacial score (nSPS) is 17.5. The summed E-state index contributed by atoms with van der Waals surface area (Å²) in [7, 11) is 0. The Morgan fingerprint density at radius 3 is 2.57 bits per heavy atom. The summed E-state index contributed by atoms with van der Waals surface area (Å²) in [5, 5.41) is 2.70. The van der Waals surface area contributed by atoms with Crippen LogP contribution in [0.15, 0.2) is 24.3 Å². The molecule has 1 N–H and O–H groups in total. The molecule has 1 aliphatic heterocycles. The molecule has 112 valence electrons. The van der Waals surface area contributed by atoms with E-state index in [0.29, 0.717) is 30.8 Å². The second-order valence-corrected chi connectivity index (χ2v) is 4.88. The summed E-state index contributed by atoms with van der Waals surface area (Å²) in [5.41, 5.74) is 1.27. The molecule has 2 rings (SSSR count). The molecular formula is C15H18N2O4. The summed E-state index contributed by atoms with van der Waals surface area (Å²) in [6, 6.07) is 6.78. The van der Waals surface area contributed by atoms with Crippen LogP contribution < -0.4 is 10.2 Å². The van der Waals surface area contributed by atoms with Crippen molar-refractivity contribution in [1.82, 2.24) is 5.32 Å². The first kappa shape index (κ1) is 15.0. The average molecular weight is 290 g/mol. The molecule has 1 atom stereocenters. The summed E-state index contributed by atoms with van der Waals surface area (Å²) < 4.78 is 5.21. The molecule has 2 amide bonds. The molecule has 0 saturated carbocycles. The van der Waals surface area contributed by atoms with Crippen LogP contribution in [-0.2, 0) is 9.53 Å². The molecule has 0 bridgehead atoms. The number of ether oxygens (including phenoxy) is 1. The topological polar surface area (TPSA) is 75.7 Å². The van der Waals surface area contributed by atoms with Gasteiger partial charge < -0.3 is 10.1 Å². The van der Waals surface area contributed by atoms with Crippen molar-refractivity contribution in [2.24, 2.45) is 0 Å². The van der Waals surface area contributed by atoms with Crippen LogP contribution in [0, 0.1) is 0 Å². The third-order valence-electron chi connectivity index (χ3n) is 3.31. The van der Waals surface area contributed by atoms with Crippen LogP contribution in [-0.4, -0.2) is 37.0 Å². The van der Waals surface area contributed by atoms with E-state index in [4.69, 9.17) is 4.74 Å². The lowest BCUT2D eigenvalue weighted by Crippen LogP contribution is -2.34. The van der Waals surface area contributed by atoms with Crippen molar-refractivity contribution in [3.05, 3.63) is 29.8 Å². The predicted octanol–water partition coefficient (Wildman–Crippen LogP) is 1.74. The number of cyclic esters (lactones) is 1. The highest BCUT2D eigenvalue weighted by atomic mass is 16.6. The van der Waals surface area contributed by atoms with Crippen LogP contribution in [0.5, 0.6) is 0 Å². The number of Topliss-reactive ketones (excluding diaryl/α,β-unsaturated/α-hetero) is 1. The van der Waals surface area contributed by atoms with Crippen molar-refractivity contribution in [3.8, 4) is 0 Å². The zero-order valence-electron chi connectivity index (χ0n) is 12.1. The molecule has 1 aromatic carbocycles. The average Bonchev–Trinajstić information content (AvgIpc) is 2.86. The quantitative estimate of drug-likeness (QED) is 0.838. The second kappa shape index (κ2) is 6.39. The summed E-state index contributed by atoms with van der Waals surface area (Å²) >= 11 is 0. The van der Waals surface area contributed by atoms with Gasteiger partial charge in [0.15, 0.2) is 5.78 Å². The molecule has 6 heteroatoms. The molecule has 0 radical (unpaired) electrons. The maximum Gasteiger partial charge on any atom is 0.414 e. The number of amides is 2. The van der Waals surface area contributed by atoms with E-state index in [1.54, 1.807) is 31.2 Å². The van der Waals surface area contributed by atoms with Crippen molar-refractivity contribution in [3.63, 3.8) is 0 Å². The van der Waals surface area contributed by atoms with Crippen LogP contribution in [0.25, 0.3) is 0 Å². The smallest absolute Gasteiger partial charge is 0.414 e. The molecular weight excluding hydrogens is 272 g/mol. The van der Waals surface area contributed by atoms with E-state index in [2.05, 4.69) is 5.32 Å². The lowest BCUT2D eigenvalue weighted by molar-refractivity contribution is -0.121. The van der Waals surface area contributed by atoms with E-state index in [9.17, 15) is 14.4 Å². The molecule has 1 aromatic rings. The SMILES string of the molecule is CCC(=O)NCC1CN(c2ccc(C(C)=O)cc2)C(=O)O1. The number of hydrogen-bond donors (Lipinski definition) is 1. The fourth-order valence-electron chi connectivity index (χ4n) is 2.07. The Bertz CT molecular complexity index is 553. The summed E-state index contributed by atoms with van der Waals surface area (Å²) in [4.78, 5) is 35.8. The fourth-order valence-corrected chi connectivity index (χ4v) is 2.07. The molecule has 1 saturated heterocycles. The van der Waals surface area contributed by atoms with Gasteiger partial charge in [-0.1, -0.05) is 6.92 Å². The van der Waals surface area contributed by atoms with E-state index < -0.39 is 6.09 Å². The Labute approximate surface area is 123 Å². The summed E-state index contributed by atoms with van der Waals surface area (Å²) in [6.45, 7) is 3.94. The lowest BCUT2D eigenvalue weighted by Gasteiger charge is -2.13. The molecule has 1 fully saturated rings. The van der Waals surface area contributed by atoms with Gasteiger partial charge in [-0.3, -0.25) is 14.5 Å². The summed E-state index contributed by atoms with van der Waals surface area (Å²) in [5.74, 6) is -0.0963. The van der Waals surface area contributed by atoms with E-state index >= 15 is 0 Å². The van der Waals surface area contributed by atoms with Gasteiger partial charge in [-0.2, -0.15) is 0 Å².